The minimum Gasteiger partial charge on any atom is -0.491 e. The van der Waals surface area contributed by atoms with Crippen molar-refractivity contribution in [2.24, 2.45) is 0 Å². The number of halogens is 2. The summed E-state index contributed by atoms with van der Waals surface area (Å²) in [6.07, 6.45) is 0. The van der Waals surface area contributed by atoms with Gasteiger partial charge in [0.05, 0.1) is 0 Å². The van der Waals surface area contributed by atoms with Crippen LogP contribution in [-0.2, 0) is 9.05 Å². The monoisotopic (exact) mass is 383 g/mol. The van der Waals surface area contributed by atoms with E-state index in [1.807, 2.05) is 0 Å². The molecule has 0 saturated heterocycles. The van der Waals surface area contributed by atoms with Gasteiger partial charge in [-0.25, -0.2) is 8.42 Å². The van der Waals surface area contributed by atoms with Gasteiger partial charge < -0.3 is 9.64 Å². The quantitative estimate of drug-likeness (QED) is 0.676. The van der Waals surface area contributed by atoms with Crippen LogP contribution in [0.2, 0.25) is 0 Å². The summed E-state index contributed by atoms with van der Waals surface area (Å²) >= 11 is 3.27. The molecule has 0 bridgehead atoms. The van der Waals surface area contributed by atoms with E-state index in [1.165, 1.54) is 6.07 Å². The molecule has 114 valence electrons. The van der Waals surface area contributed by atoms with Crippen molar-refractivity contribution in [2.75, 3.05) is 26.2 Å². The van der Waals surface area contributed by atoms with E-state index < -0.39 is 9.05 Å². The highest BCUT2D eigenvalue weighted by Crippen LogP contribution is 2.33. The number of hydrogen-bond acceptors (Lipinski definition) is 4. The summed E-state index contributed by atoms with van der Waals surface area (Å²) in [4.78, 5) is 2.20. The van der Waals surface area contributed by atoms with Crippen LogP contribution in [0.15, 0.2) is 21.5 Å². The van der Waals surface area contributed by atoms with Gasteiger partial charge in [-0.1, -0.05) is 29.8 Å². The highest BCUT2D eigenvalue weighted by Gasteiger charge is 2.20. The summed E-state index contributed by atoms with van der Waals surface area (Å²) in [7, 11) is 1.63. The molecule has 0 heterocycles. The van der Waals surface area contributed by atoms with E-state index >= 15 is 0 Å². The van der Waals surface area contributed by atoms with Crippen LogP contribution in [0, 0.1) is 6.92 Å². The molecule has 7 heteroatoms. The van der Waals surface area contributed by atoms with E-state index in [0.29, 0.717) is 16.8 Å². The third kappa shape index (κ3) is 4.91. The lowest BCUT2D eigenvalue weighted by molar-refractivity contribution is 0.219. The lowest BCUT2D eigenvalue weighted by atomic mass is 10.2. The third-order valence-corrected chi connectivity index (χ3v) is 4.80. The van der Waals surface area contributed by atoms with Gasteiger partial charge in [0.25, 0.3) is 9.05 Å². The van der Waals surface area contributed by atoms with E-state index in [4.69, 9.17) is 15.4 Å². The minimum absolute atomic E-state index is 0.00517. The fourth-order valence-electron chi connectivity index (χ4n) is 1.88. The number of rotatable bonds is 7. The van der Waals surface area contributed by atoms with Crippen LogP contribution in [0.4, 0.5) is 0 Å². The van der Waals surface area contributed by atoms with Gasteiger partial charge in [0.2, 0.25) is 0 Å². The van der Waals surface area contributed by atoms with E-state index in [0.717, 1.165) is 25.2 Å². The number of aryl methyl sites for hydroxylation is 1. The molecule has 0 radical (unpaired) electrons. The Bertz CT molecular complexity index is 559. The van der Waals surface area contributed by atoms with Crippen molar-refractivity contribution in [2.45, 2.75) is 25.7 Å². The Balaban J connectivity index is 2.95. The van der Waals surface area contributed by atoms with E-state index in [2.05, 4.69) is 34.7 Å². The Morgan fingerprint density at radius 1 is 1.30 bits per heavy atom. The van der Waals surface area contributed by atoms with Crippen LogP contribution in [0.1, 0.15) is 19.4 Å². The van der Waals surface area contributed by atoms with Gasteiger partial charge in [0.15, 0.2) is 0 Å². The standard InChI is InChI=1S/C13H19BrClNO3S/c1-4-16(5-2)6-7-19-13-10(3)8-11(14)9-12(13)20(15,17)18/h8-9H,4-7H2,1-3H3. The highest BCUT2D eigenvalue weighted by molar-refractivity contribution is 9.10. The topological polar surface area (TPSA) is 46.6 Å². The fourth-order valence-corrected chi connectivity index (χ4v) is 3.66. The molecule has 0 aromatic heterocycles. The average Bonchev–Trinajstić information content (AvgIpc) is 2.35. The van der Waals surface area contributed by atoms with Crippen LogP contribution in [0.5, 0.6) is 5.75 Å². The SMILES string of the molecule is CCN(CC)CCOc1c(C)cc(Br)cc1S(=O)(=O)Cl. The third-order valence-electron chi connectivity index (χ3n) is 3.02. The maximum absolute atomic E-state index is 11.6. The lowest BCUT2D eigenvalue weighted by Gasteiger charge is -2.19. The van der Waals surface area contributed by atoms with Gasteiger partial charge in [-0.05, 0) is 37.7 Å². The van der Waals surface area contributed by atoms with Crippen molar-refractivity contribution in [3.63, 3.8) is 0 Å². The van der Waals surface area contributed by atoms with E-state index in [1.54, 1.807) is 13.0 Å². The maximum Gasteiger partial charge on any atom is 0.265 e. The zero-order chi connectivity index (χ0) is 15.3. The smallest absolute Gasteiger partial charge is 0.265 e. The van der Waals surface area contributed by atoms with Crippen molar-refractivity contribution < 1.29 is 13.2 Å². The number of nitrogens with zero attached hydrogens (tertiary/aromatic N) is 1. The number of benzene rings is 1. The Morgan fingerprint density at radius 2 is 1.90 bits per heavy atom. The molecule has 0 fully saturated rings. The summed E-state index contributed by atoms with van der Waals surface area (Å²) in [6.45, 7) is 8.96. The molecular formula is C13H19BrClNO3S. The molecule has 0 amide bonds. The molecule has 0 spiro atoms. The second-order valence-electron chi connectivity index (χ2n) is 4.36. The van der Waals surface area contributed by atoms with Gasteiger partial charge in [-0.3, -0.25) is 0 Å². The molecule has 0 aliphatic rings. The predicted molar refractivity (Wildman–Crippen MR) is 85.2 cm³/mol. The van der Waals surface area contributed by atoms with Crippen molar-refractivity contribution >= 4 is 35.7 Å². The summed E-state index contributed by atoms with van der Waals surface area (Å²) in [6, 6.07) is 3.26. The molecule has 1 aromatic rings. The molecule has 0 aliphatic heterocycles. The second-order valence-corrected chi connectivity index (χ2v) is 7.81. The molecular weight excluding hydrogens is 366 g/mol. The summed E-state index contributed by atoms with van der Waals surface area (Å²) < 4.78 is 29.6. The first-order chi connectivity index (χ1) is 9.29. The summed E-state index contributed by atoms with van der Waals surface area (Å²) in [5, 5.41) is 0. The normalized spacial score (nSPS) is 11.9. The number of likely N-dealkylation sites (N-methyl/N-ethyl adjacent to an activating group) is 1. The molecule has 0 atom stereocenters. The van der Waals surface area contributed by atoms with Gasteiger partial charge in [0.1, 0.15) is 17.3 Å². The van der Waals surface area contributed by atoms with Crippen molar-refractivity contribution in [3.8, 4) is 5.75 Å². The van der Waals surface area contributed by atoms with Crippen LogP contribution < -0.4 is 4.74 Å². The van der Waals surface area contributed by atoms with Gasteiger partial charge >= 0.3 is 0 Å². The van der Waals surface area contributed by atoms with Crippen molar-refractivity contribution in [1.82, 2.24) is 4.90 Å². The van der Waals surface area contributed by atoms with Crippen molar-refractivity contribution in [3.05, 3.63) is 22.2 Å². The maximum atomic E-state index is 11.6. The number of hydrogen-bond donors (Lipinski definition) is 0. The summed E-state index contributed by atoms with van der Waals surface area (Å²) in [5.41, 5.74) is 0.734. The van der Waals surface area contributed by atoms with E-state index in [9.17, 15) is 8.42 Å². The minimum atomic E-state index is -3.84. The zero-order valence-corrected chi connectivity index (χ0v) is 15.0. The first-order valence-corrected chi connectivity index (χ1v) is 9.49. The Kier molecular flexibility index (Phi) is 6.78. The van der Waals surface area contributed by atoms with Crippen molar-refractivity contribution in [1.29, 1.82) is 0 Å². The van der Waals surface area contributed by atoms with Gasteiger partial charge in [-0.15, -0.1) is 0 Å². The summed E-state index contributed by atoms with van der Waals surface area (Å²) in [5.74, 6) is 0.329. The molecule has 4 nitrogen and oxygen atoms in total. The Labute approximate surface area is 133 Å². The average molecular weight is 385 g/mol. The van der Waals surface area contributed by atoms with Gasteiger partial charge in [0, 0.05) is 21.7 Å². The molecule has 0 N–H and O–H groups in total. The van der Waals surface area contributed by atoms with Crippen LogP contribution in [0.25, 0.3) is 0 Å². The Hall–Kier alpha value is -0.300. The number of ether oxygens (including phenoxy) is 1. The molecule has 1 rings (SSSR count). The molecule has 0 saturated carbocycles. The molecule has 0 unspecified atom stereocenters. The molecule has 20 heavy (non-hydrogen) atoms. The second kappa shape index (κ2) is 7.64. The first-order valence-electron chi connectivity index (χ1n) is 6.39. The fraction of sp³-hybridized carbons (Fsp3) is 0.538. The van der Waals surface area contributed by atoms with Crippen LogP contribution in [-0.4, -0.2) is 39.6 Å². The molecule has 0 aliphatic carbocycles. The first kappa shape index (κ1) is 17.8. The Morgan fingerprint density at radius 3 is 2.40 bits per heavy atom. The largest absolute Gasteiger partial charge is 0.491 e. The zero-order valence-electron chi connectivity index (χ0n) is 11.8. The van der Waals surface area contributed by atoms with E-state index in [-0.39, 0.29) is 4.90 Å². The molecule has 1 aromatic carbocycles. The highest BCUT2D eigenvalue weighted by atomic mass is 79.9. The van der Waals surface area contributed by atoms with Gasteiger partial charge in [-0.2, -0.15) is 0 Å². The lowest BCUT2D eigenvalue weighted by Crippen LogP contribution is -2.28. The van der Waals surface area contributed by atoms with Crippen LogP contribution in [0.3, 0.4) is 0 Å². The predicted octanol–water partition coefficient (Wildman–Crippen LogP) is 3.41. The van der Waals surface area contributed by atoms with Crippen LogP contribution >= 0.6 is 26.6 Å².